The summed E-state index contributed by atoms with van der Waals surface area (Å²) in [5.41, 5.74) is 0. The number of hydrogen-bond donors (Lipinski definition) is 0. The lowest BCUT2D eigenvalue weighted by molar-refractivity contribution is -0.166. The van der Waals surface area contributed by atoms with Crippen LogP contribution in [0, 0.1) is 0 Å². The zero-order valence-electron chi connectivity index (χ0n) is 31.0. The molecule has 0 radical (unpaired) electrons. The number of ether oxygens (including phenoxy) is 3. The normalized spacial score (nSPS) is 12.1. The summed E-state index contributed by atoms with van der Waals surface area (Å²) in [6.45, 7) is 5.63. The van der Waals surface area contributed by atoms with E-state index in [2.05, 4.69) is 38.2 Å². The molecule has 0 aliphatic rings. The van der Waals surface area contributed by atoms with Gasteiger partial charge in [-0.25, -0.2) is 0 Å². The van der Waals surface area contributed by atoms with E-state index in [0.29, 0.717) is 12.8 Å². The first kappa shape index (κ1) is 44.9. The number of esters is 3. The molecule has 0 aliphatic heterocycles. The highest BCUT2D eigenvalue weighted by Gasteiger charge is 2.18. The largest absolute Gasteiger partial charge is 0.462 e. The van der Waals surface area contributed by atoms with E-state index in [-0.39, 0.29) is 25.2 Å². The van der Waals surface area contributed by atoms with Crippen molar-refractivity contribution in [2.45, 2.75) is 207 Å². The van der Waals surface area contributed by atoms with Crippen LogP contribution in [0.4, 0.5) is 0 Å². The third-order valence-electron chi connectivity index (χ3n) is 8.49. The topological polar surface area (TPSA) is 78.9 Å². The van der Waals surface area contributed by atoms with Crippen LogP contribution in [0.15, 0.2) is 24.3 Å². The standard InChI is InChI=1S/C41H74O6/c1-4-6-8-10-12-14-16-18-20-22-24-26-28-30-32-34-40(43)46-37-39(36-45-38(3)42)47-41(44)35-33-31-29-27-25-23-21-19-17-15-13-11-9-7-5-2/h18-21,39H,4-17,22-37H2,1-3H3/b20-18+,21-19-. The van der Waals surface area contributed by atoms with Crippen LogP contribution in [0.2, 0.25) is 0 Å². The van der Waals surface area contributed by atoms with Gasteiger partial charge in [0.1, 0.15) is 13.2 Å². The van der Waals surface area contributed by atoms with Crippen molar-refractivity contribution in [1.82, 2.24) is 0 Å². The summed E-state index contributed by atoms with van der Waals surface area (Å²) in [6.07, 6.45) is 40.5. The van der Waals surface area contributed by atoms with E-state index >= 15 is 0 Å². The lowest BCUT2D eigenvalue weighted by Crippen LogP contribution is -2.30. The minimum absolute atomic E-state index is 0.0880. The molecular weight excluding hydrogens is 588 g/mol. The summed E-state index contributed by atoms with van der Waals surface area (Å²) in [7, 11) is 0. The fourth-order valence-electron chi connectivity index (χ4n) is 5.51. The van der Waals surface area contributed by atoms with Gasteiger partial charge in [-0.15, -0.1) is 0 Å². The van der Waals surface area contributed by atoms with Crippen LogP contribution in [0.3, 0.4) is 0 Å². The molecule has 6 nitrogen and oxygen atoms in total. The van der Waals surface area contributed by atoms with E-state index < -0.39 is 12.1 Å². The molecule has 0 saturated heterocycles. The first-order chi connectivity index (χ1) is 23.0. The second kappa shape index (κ2) is 36.7. The molecule has 1 atom stereocenters. The van der Waals surface area contributed by atoms with Gasteiger partial charge in [0.2, 0.25) is 0 Å². The van der Waals surface area contributed by atoms with Crippen molar-refractivity contribution in [3.8, 4) is 0 Å². The monoisotopic (exact) mass is 663 g/mol. The molecule has 0 fully saturated rings. The van der Waals surface area contributed by atoms with Gasteiger partial charge in [-0.3, -0.25) is 14.4 Å². The van der Waals surface area contributed by atoms with E-state index in [1.807, 2.05) is 0 Å². The van der Waals surface area contributed by atoms with E-state index in [9.17, 15) is 14.4 Å². The van der Waals surface area contributed by atoms with Gasteiger partial charge in [-0.2, -0.15) is 0 Å². The van der Waals surface area contributed by atoms with Gasteiger partial charge in [0, 0.05) is 19.8 Å². The molecule has 1 unspecified atom stereocenters. The summed E-state index contributed by atoms with van der Waals surface area (Å²) in [5, 5.41) is 0. The van der Waals surface area contributed by atoms with E-state index in [4.69, 9.17) is 14.2 Å². The molecule has 0 bridgehead atoms. The Hall–Kier alpha value is -2.11. The highest BCUT2D eigenvalue weighted by atomic mass is 16.6. The highest BCUT2D eigenvalue weighted by molar-refractivity contribution is 5.70. The Morgan fingerprint density at radius 3 is 1.19 bits per heavy atom. The number of carbonyl (C=O) groups excluding carboxylic acids is 3. The second-order valence-electron chi connectivity index (χ2n) is 13.3. The molecule has 0 aromatic carbocycles. The number of allylic oxidation sites excluding steroid dienone is 4. The van der Waals surface area contributed by atoms with Gasteiger partial charge in [0.05, 0.1) is 0 Å². The first-order valence-electron chi connectivity index (χ1n) is 19.8. The Morgan fingerprint density at radius 1 is 0.447 bits per heavy atom. The van der Waals surface area contributed by atoms with Gasteiger partial charge >= 0.3 is 17.9 Å². The number of hydrogen-bond acceptors (Lipinski definition) is 6. The average Bonchev–Trinajstić information content (AvgIpc) is 3.05. The summed E-state index contributed by atoms with van der Waals surface area (Å²) >= 11 is 0. The van der Waals surface area contributed by atoms with Crippen molar-refractivity contribution in [1.29, 1.82) is 0 Å². The summed E-state index contributed by atoms with van der Waals surface area (Å²) < 4.78 is 15.9. The van der Waals surface area contributed by atoms with Crippen molar-refractivity contribution in [2.24, 2.45) is 0 Å². The Morgan fingerprint density at radius 2 is 0.787 bits per heavy atom. The third-order valence-corrected chi connectivity index (χ3v) is 8.49. The molecular formula is C41H74O6. The SMILES string of the molecule is CCCCCCCC/C=C\CCCCCCCC(=O)OC(COC(C)=O)COC(=O)CCCCCCC/C=C/CCCCCCCC. The summed E-state index contributed by atoms with van der Waals surface area (Å²) in [6, 6.07) is 0. The fraction of sp³-hybridized carbons (Fsp3) is 0.829. The van der Waals surface area contributed by atoms with Crippen molar-refractivity contribution in [2.75, 3.05) is 13.2 Å². The zero-order valence-corrected chi connectivity index (χ0v) is 31.0. The predicted octanol–water partition coefficient (Wildman–Crippen LogP) is 12.1. The molecule has 0 spiro atoms. The minimum atomic E-state index is -0.771. The predicted molar refractivity (Wildman–Crippen MR) is 196 cm³/mol. The molecule has 47 heavy (non-hydrogen) atoms. The molecule has 0 N–H and O–H groups in total. The van der Waals surface area contributed by atoms with E-state index in [0.717, 1.165) is 57.8 Å². The lowest BCUT2D eigenvalue weighted by atomic mass is 10.1. The molecule has 6 heteroatoms. The Kier molecular flexibility index (Phi) is 35.1. The van der Waals surface area contributed by atoms with Crippen molar-refractivity contribution in [3.63, 3.8) is 0 Å². The number of carbonyl (C=O) groups is 3. The fourth-order valence-corrected chi connectivity index (χ4v) is 5.51. The highest BCUT2D eigenvalue weighted by Crippen LogP contribution is 2.13. The van der Waals surface area contributed by atoms with Crippen LogP contribution < -0.4 is 0 Å². The van der Waals surface area contributed by atoms with Crippen LogP contribution in [-0.2, 0) is 28.6 Å². The summed E-state index contributed by atoms with van der Waals surface area (Å²) in [5.74, 6) is -1.10. The molecule has 0 saturated carbocycles. The smallest absolute Gasteiger partial charge is 0.306 e. The van der Waals surface area contributed by atoms with Crippen LogP contribution in [0.5, 0.6) is 0 Å². The van der Waals surface area contributed by atoms with Gasteiger partial charge in [-0.05, 0) is 64.2 Å². The maximum atomic E-state index is 12.4. The van der Waals surface area contributed by atoms with Gasteiger partial charge in [0.25, 0.3) is 0 Å². The Balaban J connectivity index is 3.87. The lowest BCUT2D eigenvalue weighted by Gasteiger charge is -2.17. The second-order valence-corrected chi connectivity index (χ2v) is 13.3. The molecule has 0 aliphatic carbocycles. The molecule has 0 aromatic rings. The molecule has 0 heterocycles. The van der Waals surface area contributed by atoms with Gasteiger partial charge < -0.3 is 14.2 Å². The van der Waals surface area contributed by atoms with Crippen LogP contribution >= 0.6 is 0 Å². The maximum Gasteiger partial charge on any atom is 0.306 e. The molecule has 0 aromatic heterocycles. The first-order valence-corrected chi connectivity index (χ1v) is 19.8. The molecule has 0 amide bonds. The quantitative estimate of drug-likeness (QED) is 0.0291. The number of unbranched alkanes of at least 4 members (excludes halogenated alkanes) is 22. The van der Waals surface area contributed by atoms with Gasteiger partial charge in [-0.1, -0.05) is 141 Å². The van der Waals surface area contributed by atoms with Crippen molar-refractivity contribution >= 4 is 17.9 Å². The Labute approximate surface area is 290 Å². The zero-order chi connectivity index (χ0) is 34.5. The van der Waals surface area contributed by atoms with E-state index in [1.54, 1.807) is 0 Å². The average molecular weight is 663 g/mol. The van der Waals surface area contributed by atoms with E-state index in [1.165, 1.54) is 116 Å². The molecule has 0 rings (SSSR count). The van der Waals surface area contributed by atoms with Crippen molar-refractivity contribution < 1.29 is 28.6 Å². The molecule has 274 valence electrons. The third kappa shape index (κ3) is 36.6. The van der Waals surface area contributed by atoms with Crippen LogP contribution in [-0.4, -0.2) is 37.2 Å². The number of rotatable bonds is 35. The minimum Gasteiger partial charge on any atom is -0.462 e. The summed E-state index contributed by atoms with van der Waals surface area (Å²) in [4.78, 5) is 35.9. The van der Waals surface area contributed by atoms with Crippen LogP contribution in [0.25, 0.3) is 0 Å². The maximum absolute atomic E-state index is 12.4. The van der Waals surface area contributed by atoms with Gasteiger partial charge in [0.15, 0.2) is 6.10 Å². The van der Waals surface area contributed by atoms with Crippen LogP contribution in [0.1, 0.15) is 201 Å². The Bertz CT molecular complexity index is 774. The van der Waals surface area contributed by atoms with Crippen molar-refractivity contribution in [3.05, 3.63) is 24.3 Å².